The van der Waals surface area contributed by atoms with Crippen LogP contribution in [0.1, 0.15) is 44.0 Å². The number of nitrogens with zero attached hydrogens (tertiary/aromatic N) is 1. The van der Waals surface area contributed by atoms with E-state index in [2.05, 4.69) is 5.32 Å². The first kappa shape index (κ1) is 18.1. The van der Waals surface area contributed by atoms with Gasteiger partial charge in [0.05, 0.1) is 12.7 Å². The van der Waals surface area contributed by atoms with Gasteiger partial charge >= 0.3 is 12.1 Å². The van der Waals surface area contributed by atoms with Crippen molar-refractivity contribution in [2.75, 3.05) is 25.5 Å². The van der Waals surface area contributed by atoms with Crippen LogP contribution in [0.25, 0.3) is 0 Å². The Kier molecular flexibility index (Phi) is 5.70. The van der Waals surface area contributed by atoms with Crippen LogP contribution < -0.4 is 5.32 Å². The summed E-state index contributed by atoms with van der Waals surface area (Å²) < 4.78 is 10.2. The van der Waals surface area contributed by atoms with Crippen molar-refractivity contribution in [2.45, 2.75) is 45.3 Å². The molecule has 0 aromatic heterocycles. The van der Waals surface area contributed by atoms with Gasteiger partial charge in [-0.05, 0) is 45.7 Å². The zero-order valence-corrected chi connectivity index (χ0v) is 14.8. The zero-order valence-electron chi connectivity index (χ0n) is 14.8. The Balaban J connectivity index is 1.92. The molecule has 1 aliphatic rings. The van der Waals surface area contributed by atoms with Crippen molar-refractivity contribution in [2.24, 2.45) is 0 Å². The molecule has 1 N–H and O–H groups in total. The highest BCUT2D eigenvalue weighted by Gasteiger charge is 2.27. The second-order valence-electron chi connectivity index (χ2n) is 6.92. The molecule has 0 radical (unpaired) electrons. The number of esters is 1. The maximum Gasteiger partial charge on any atom is 0.410 e. The van der Waals surface area contributed by atoms with Gasteiger partial charge in [0.2, 0.25) is 0 Å². The molecule has 0 saturated carbocycles. The van der Waals surface area contributed by atoms with Crippen molar-refractivity contribution >= 4 is 17.7 Å². The number of nitrogens with one attached hydrogen (secondary N) is 1. The van der Waals surface area contributed by atoms with Crippen LogP contribution in [-0.2, 0) is 9.47 Å². The molecule has 1 aliphatic heterocycles. The van der Waals surface area contributed by atoms with Crippen LogP contribution in [0.4, 0.5) is 10.5 Å². The largest absolute Gasteiger partial charge is 0.465 e. The van der Waals surface area contributed by atoms with E-state index in [9.17, 15) is 9.59 Å². The quantitative estimate of drug-likeness (QED) is 0.859. The Morgan fingerprint density at radius 3 is 2.38 bits per heavy atom. The van der Waals surface area contributed by atoms with Gasteiger partial charge < -0.3 is 19.7 Å². The van der Waals surface area contributed by atoms with Crippen molar-refractivity contribution < 1.29 is 19.1 Å². The van der Waals surface area contributed by atoms with E-state index >= 15 is 0 Å². The molecular formula is C18H26N2O4. The smallest absolute Gasteiger partial charge is 0.410 e. The highest BCUT2D eigenvalue weighted by molar-refractivity contribution is 5.95. The van der Waals surface area contributed by atoms with E-state index in [1.165, 1.54) is 7.11 Å². The normalized spacial score (nSPS) is 15.8. The lowest BCUT2D eigenvalue weighted by molar-refractivity contribution is 0.0210. The van der Waals surface area contributed by atoms with Crippen LogP contribution in [0.15, 0.2) is 24.3 Å². The fraction of sp³-hybridized carbons (Fsp3) is 0.556. The first-order valence-electron chi connectivity index (χ1n) is 8.22. The number of piperidine rings is 1. The number of benzene rings is 1. The molecule has 1 fully saturated rings. The Morgan fingerprint density at radius 1 is 1.17 bits per heavy atom. The molecule has 1 aromatic rings. The minimum atomic E-state index is -0.481. The molecule has 6 heteroatoms. The lowest BCUT2D eigenvalue weighted by atomic mass is 10.0. The highest BCUT2D eigenvalue weighted by atomic mass is 16.6. The van der Waals surface area contributed by atoms with E-state index in [0.29, 0.717) is 18.7 Å². The summed E-state index contributed by atoms with van der Waals surface area (Å²) in [4.78, 5) is 25.6. The minimum absolute atomic E-state index is 0.203. The summed E-state index contributed by atoms with van der Waals surface area (Å²) in [6, 6.07) is 7.50. The average Bonchev–Trinajstić information content (AvgIpc) is 2.53. The van der Waals surface area contributed by atoms with E-state index in [-0.39, 0.29) is 18.1 Å². The molecule has 1 amide bonds. The number of anilines is 1. The molecule has 0 unspecified atom stereocenters. The second-order valence-corrected chi connectivity index (χ2v) is 6.92. The Morgan fingerprint density at radius 2 is 1.79 bits per heavy atom. The number of carbonyl (C=O) groups is 2. The summed E-state index contributed by atoms with van der Waals surface area (Å²) in [5.41, 5.74) is 0.806. The monoisotopic (exact) mass is 334 g/mol. The summed E-state index contributed by atoms with van der Waals surface area (Å²) in [6.45, 7) is 6.86. The van der Waals surface area contributed by atoms with Crippen LogP contribution in [0, 0.1) is 0 Å². The van der Waals surface area contributed by atoms with Crippen LogP contribution in [0.5, 0.6) is 0 Å². The SMILES string of the molecule is COC(=O)c1ccccc1NC1CCN(C(=O)OC(C)(C)C)CC1. The van der Waals surface area contributed by atoms with E-state index < -0.39 is 5.60 Å². The van der Waals surface area contributed by atoms with Crippen molar-refractivity contribution in [1.82, 2.24) is 4.90 Å². The van der Waals surface area contributed by atoms with Gasteiger partial charge in [0.25, 0.3) is 0 Å². The second kappa shape index (κ2) is 7.55. The van der Waals surface area contributed by atoms with E-state index in [1.807, 2.05) is 39.0 Å². The van der Waals surface area contributed by atoms with E-state index in [4.69, 9.17) is 9.47 Å². The number of hydrogen-bond acceptors (Lipinski definition) is 5. The number of carbonyl (C=O) groups excluding carboxylic acids is 2. The summed E-state index contributed by atoms with van der Waals surface area (Å²) in [7, 11) is 1.37. The maximum atomic E-state index is 12.1. The van der Waals surface area contributed by atoms with Crippen molar-refractivity contribution in [3.8, 4) is 0 Å². The number of rotatable bonds is 3. The molecule has 0 bridgehead atoms. The van der Waals surface area contributed by atoms with Gasteiger partial charge in [-0.2, -0.15) is 0 Å². The van der Waals surface area contributed by atoms with Gasteiger partial charge in [-0.3, -0.25) is 0 Å². The van der Waals surface area contributed by atoms with E-state index in [0.717, 1.165) is 18.5 Å². The third kappa shape index (κ3) is 4.88. The molecule has 1 aromatic carbocycles. The fourth-order valence-electron chi connectivity index (χ4n) is 2.65. The van der Waals surface area contributed by atoms with Crippen molar-refractivity contribution in [1.29, 1.82) is 0 Å². The lowest BCUT2D eigenvalue weighted by Gasteiger charge is -2.34. The Labute approximate surface area is 143 Å². The Bertz CT molecular complexity index is 587. The molecule has 0 aliphatic carbocycles. The molecule has 1 saturated heterocycles. The minimum Gasteiger partial charge on any atom is -0.465 e. The third-order valence-electron chi connectivity index (χ3n) is 3.84. The molecule has 0 spiro atoms. The number of amides is 1. The molecule has 0 atom stereocenters. The molecule has 132 valence electrons. The van der Waals surface area contributed by atoms with E-state index in [1.54, 1.807) is 11.0 Å². The van der Waals surface area contributed by atoms with Crippen LogP contribution in [-0.4, -0.2) is 48.8 Å². The number of para-hydroxylation sites is 1. The lowest BCUT2D eigenvalue weighted by Crippen LogP contribution is -2.44. The number of hydrogen-bond donors (Lipinski definition) is 1. The number of ether oxygens (including phenoxy) is 2. The first-order valence-corrected chi connectivity index (χ1v) is 8.22. The maximum absolute atomic E-state index is 12.1. The van der Waals surface area contributed by atoms with Gasteiger partial charge in [0.1, 0.15) is 5.60 Å². The standard InChI is InChI=1S/C18H26N2O4/c1-18(2,3)24-17(22)20-11-9-13(10-12-20)19-15-8-6-5-7-14(15)16(21)23-4/h5-8,13,19H,9-12H2,1-4H3. The van der Waals surface area contributed by atoms with Gasteiger partial charge in [-0.15, -0.1) is 0 Å². The van der Waals surface area contributed by atoms with Crippen LogP contribution in [0.3, 0.4) is 0 Å². The predicted octanol–water partition coefficient (Wildman–Crippen LogP) is 3.28. The van der Waals surface area contributed by atoms with Crippen molar-refractivity contribution in [3.05, 3.63) is 29.8 Å². The predicted molar refractivity (Wildman–Crippen MR) is 92.2 cm³/mol. The summed E-state index contributed by atoms with van der Waals surface area (Å²) in [6.07, 6.45) is 1.33. The number of likely N-dealkylation sites (tertiary alicyclic amines) is 1. The fourth-order valence-corrected chi connectivity index (χ4v) is 2.65. The average molecular weight is 334 g/mol. The van der Waals surface area contributed by atoms with Gasteiger partial charge in [-0.1, -0.05) is 12.1 Å². The van der Waals surface area contributed by atoms with Gasteiger partial charge in [-0.25, -0.2) is 9.59 Å². The molecular weight excluding hydrogens is 308 g/mol. The topological polar surface area (TPSA) is 67.9 Å². The van der Waals surface area contributed by atoms with Gasteiger partial charge in [0.15, 0.2) is 0 Å². The van der Waals surface area contributed by atoms with Gasteiger partial charge in [0, 0.05) is 24.8 Å². The molecule has 2 rings (SSSR count). The van der Waals surface area contributed by atoms with Crippen LogP contribution in [0.2, 0.25) is 0 Å². The molecule has 24 heavy (non-hydrogen) atoms. The molecule has 6 nitrogen and oxygen atoms in total. The summed E-state index contributed by atoms with van der Waals surface area (Å²) in [5.74, 6) is -0.357. The zero-order chi connectivity index (χ0) is 17.7. The third-order valence-corrected chi connectivity index (χ3v) is 3.84. The Hall–Kier alpha value is -2.24. The first-order chi connectivity index (χ1) is 11.3. The van der Waals surface area contributed by atoms with Crippen molar-refractivity contribution in [3.63, 3.8) is 0 Å². The molecule has 1 heterocycles. The highest BCUT2D eigenvalue weighted by Crippen LogP contribution is 2.22. The summed E-state index contributed by atoms with van der Waals surface area (Å²) >= 11 is 0. The van der Waals surface area contributed by atoms with Crippen LogP contribution >= 0.6 is 0 Å². The summed E-state index contributed by atoms with van der Waals surface area (Å²) in [5, 5.41) is 3.39. The number of methoxy groups -OCH3 is 1.